The normalized spacial score (nSPS) is 13.4. The quantitative estimate of drug-likeness (QED) is 0.202. The Hall–Kier alpha value is -5.07. The SMILES string of the molecule is Cc1ccc2c(c1)-n1c3ncccc3c3cc(C(C)(C)c4ccc5c(c4)-n4c6ncccc6c6cccc(c64)S5)cc(c31)O2. The van der Waals surface area contributed by atoms with E-state index in [0.29, 0.717) is 0 Å². The number of aromatic nitrogens is 4. The lowest BCUT2D eigenvalue weighted by Crippen LogP contribution is -2.20. The van der Waals surface area contributed by atoms with Gasteiger partial charge in [-0.15, -0.1) is 0 Å². The van der Waals surface area contributed by atoms with Crippen LogP contribution in [-0.2, 0) is 5.41 Å². The number of benzene rings is 4. The molecule has 6 heterocycles. The van der Waals surface area contributed by atoms with Crippen molar-refractivity contribution in [2.24, 2.45) is 0 Å². The molecule has 0 fully saturated rings. The van der Waals surface area contributed by atoms with Gasteiger partial charge in [0, 0.05) is 49.1 Å². The van der Waals surface area contributed by atoms with E-state index < -0.39 is 0 Å². The van der Waals surface area contributed by atoms with Crippen molar-refractivity contribution in [3.05, 3.63) is 120 Å². The highest BCUT2D eigenvalue weighted by Crippen LogP contribution is 2.50. The first kappa shape index (κ1) is 24.4. The Morgan fingerprint density at radius 2 is 1.36 bits per heavy atom. The molecule has 0 unspecified atom stereocenters. The second kappa shape index (κ2) is 8.30. The Bertz CT molecular complexity index is 2560. The molecule has 0 radical (unpaired) electrons. The van der Waals surface area contributed by atoms with Crippen LogP contribution in [-0.4, -0.2) is 19.1 Å². The van der Waals surface area contributed by atoms with Gasteiger partial charge in [0.15, 0.2) is 11.5 Å². The van der Waals surface area contributed by atoms with E-state index in [9.17, 15) is 0 Å². The van der Waals surface area contributed by atoms with E-state index in [-0.39, 0.29) is 5.41 Å². The average Bonchev–Trinajstić information content (AvgIpc) is 3.57. The van der Waals surface area contributed by atoms with Gasteiger partial charge in [0.25, 0.3) is 0 Å². The Morgan fingerprint density at radius 3 is 2.18 bits per heavy atom. The van der Waals surface area contributed by atoms with Crippen LogP contribution in [0.1, 0.15) is 30.5 Å². The summed E-state index contributed by atoms with van der Waals surface area (Å²) in [5.41, 5.74) is 9.79. The highest BCUT2D eigenvalue weighted by molar-refractivity contribution is 7.99. The number of para-hydroxylation sites is 1. The monoisotopic (exact) mass is 586 g/mol. The van der Waals surface area contributed by atoms with E-state index in [4.69, 9.17) is 14.7 Å². The second-order valence-electron chi connectivity index (χ2n) is 12.4. The number of fused-ring (bicyclic) bond motifs is 10. The maximum Gasteiger partial charge on any atom is 0.152 e. The van der Waals surface area contributed by atoms with Crippen molar-refractivity contribution in [1.82, 2.24) is 19.1 Å². The minimum atomic E-state index is -0.315. The van der Waals surface area contributed by atoms with Gasteiger partial charge >= 0.3 is 0 Å². The third-order valence-electron chi connectivity index (χ3n) is 9.54. The maximum atomic E-state index is 6.65. The molecular formula is C38H26N4OS. The van der Waals surface area contributed by atoms with Gasteiger partial charge in [0.05, 0.1) is 22.4 Å². The van der Waals surface area contributed by atoms with E-state index in [2.05, 4.69) is 109 Å². The van der Waals surface area contributed by atoms with Gasteiger partial charge in [-0.25, -0.2) is 9.97 Å². The van der Waals surface area contributed by atoms with Crippen LogP contribution in [0.2, 0.25) is 0 Å². The molecule has 0 N–H and O–H groups in total. The predicted molar refractivity (Wildman–Crippen MR) is 178 cm³/mol. The molecule has 2 aliphatic heterocycles. The Kier molecular flexibility index (Phi) is 4.60. The van der Waals surface area contributed by atoms with Gasteiger partial charge in [-0.1, -0.05) is 49.9 Å². The van der Waals surface area contributed by atoms with Gasteiger partial charge in [-0.05, 0) is 90.3 Å². The van der Waals surface area contributed by atoms with Gasteiger partial charge in [-0.3, -0.25) is 9.13 Å². The van der Waals surface area contributed by atoms with Crippen molar-refractivity contribution in [2.45, 2.75) is 36.0 Å². The Morgan fingerprint density at radius 1 is 0.614 bits per heavy atom. The molecular weight excluding hydrogens is 561 g/mol. The lowest BCUT2D eigenvalue weighted by Gasteiger charge is -2.30. The number of aryl methyl sites for hydroxylation is 1. The fourth-order valence-corrected chi connectivity index (χ4v) is 8.32. The summed E-state index contributed by atoms with van der Waals surface area (Å²) in [5.74, 6) is 1.72. The lowest BCUT2D eigenvalue weighted by atomic mass is 9.77. The minimum absolute atomic E-state index is 0.315. The van der Waals surface area contributed by atoms with Crippen LogP contribution in [0.4, 0.5) is 0 Å². The van der Waals surface area contributed by atoms with Crippen LogP contribution in [0.25, 0.3) is 55.2 Å². The molecule has 4 aromatic heterocycles. The zero-order valence-electron chi connectivity index (χ0n) is 24.4. The smallest absolute Gasteiger partial charge is 0.152 e. The van der Waals surface area contributed by atoms with Crippen molar-refractivity contribution in [2.75, 3.05) is 0 Å². The highest BCUT2D eigenvalue weighted by atomic mass is 32.2. The van der Waals surface area contributed by atoms with E-state index in [0.717, 1.165) is 44.8 Å². The summed E-state index contributed by atoms with van der Waals surface area (Å²) < 4.78 is 11.3. The summed E-state index contributed by atoms with van der Waals surface area (Å²) in [5, 5.41) is 4.72. The summed E-state index contributed by atoms with van der Waals surface area (Å²) in [6, 6.07) is 32.9. The van der Waals surface area contributed by atoms with Crippen molar-refractivity contribution in [3.63, 3.8) is 0 Å². The van der Waals surface area contributed by atoms with Crippen LogP contribution in [0, 0.1) is 6.92 Å². The number of hydrogen-bond acceptors (Lipinski definition) is 4. The summed E-state index contributed by atoms with van der Waals surface area (Å²) in [6.07, 6.45) is 3.77. The Balaban J connectivity index is 1.20. The molecule has 0 spiro atoms. The molecule has 4 aromatic carbocycles. The van der Waals surface area contributed by atoms with Crippen LogP contribution in [0.3, 0.4) is 0 Å². The molecule has 8 aromatic rings. The molecule has 6 heteroatoms. The summed E-state index contributed by atoms with van der Waals surface area (Å²) in [4.78, 5) is 12.2. The summed E-state index contributed by atoms with van der Waals surface area (Å²) in [7, 11) is 0. The molecule has 5 nitrogen and oxygen atoms in total. The highest BCUT2D eigenvalue weighted by Gasteiger charge is 2.32. The zero-order valence-corrected chi connectivity index (χ0v) is 25.2. The van der Waals surface area contributed by atoms with Crippen molar-refractivity contribution < 1.29 is 4.74 Å². The first-order chi connectivity index (χ1) is 21.5. The number of nitrogens with zero attached hydrogens (tertiary/aromatic N) is 4. The zero-order chi connectivity index (χ0) is 29.3. The molecule has 44 heavy (non-hydrogen) atoms. The third kappa shape index (κ3) is 3.05. The maximum absolute atomic E-state index is 6.65. The van der Waals surface area contributed by atoms with Gasteiger partial charge in [-0.2, -0.15) is 0 Å². The number of hydrogen-bond donors (Lipinski definition) is 0. The molecule has 0 amide bonds. The molecule has 0 saturated heterocycles. The van der Waals surface area contributed by atoms with Crippen molar-refractivity contribution in [3.8, 4) is 22.9 Å². The molecule has 210 valence electrons. The standard InChI is InChI=1S/C38H26N4OS/c1-21-11-13-30-28(17-21)41-34-27(26-9-6-16-40-37(26)41)18-23(20-31(34)43-30)38(2,3)22-12-14-32-29(19-22)42-35-24(7-4-10-33(35)44-32)25-8-5-15-39-36(25)42/h4-20H,1-3H3. The van der Waals surface area contributed by atoms with Crippen LogP contribution < -0.4 is 4.74 Å². The third-order valence-corrected chi connectivity index (χ3v) is 10.7. The fourth-order valence-electron chi connectivity index (χ4n) is 7.25. The summed E-state index contributed by atoms with van der Waals surface area (Å²) >= 11 is 1.84. The summed E-state index contributed by atoms with van der Waals surface area (Å²) in [6.45, 7) is 6.74. The van der Waals surface area contributed by atoms with Gasteiger partial charge < -0.3 is 4.74 Å². The number of pyridine rings is 2. The van der Waals surface area contributed by atoms with E-state index >= 15 is 0 Å². The predicted octanol–water partition coefficient (Wildman–Crippen LogP) is 9.88. The van der Waals surface area contributed by atoms with E-state index in [1.165, 1.54) is 48.5 Å². The topological polar surface area (TPSA) is 44.9 Å². The molecule has 10 rings (SSSR count). The van der Waals surface area contributed by atoms with E-state index in [1.807, 2.05) is 36.3 Å². The average molecular weight is 587 g/mol. The molecule has 2 aliphatic rings. The molecule has 0 saturated carbocycles. The van der Waals surface area contributed by atoms with E-state index in [1.54, 1.807) is 0 Å². The fraction of sp³-hybridized carbons (Fsp3) is 0.105. The van der Waals surface area contributed by atoms with Gasteiger partial charge in [0.2, 0.25) is 0 Å². The largest absolute Gasteiger partial charge is 0.453 e. The van der Waals surface area contributed by atoms with Gasteiger partial charge in [0.1, 0.15) is 11.3 Å². The molecule has 0 bridgehead atoms. The van der Waals surface area contributed by atoms with Crippen molar-refractivity contribution >= 4 is 55.6 Å². The minimum Gasteiger partial charge on any atom is -0.453 e. The van der Waals surface area contributed by atoms with Crippen molar-refractivity contribution in [1.29, 1.82) is 0 Å². The van der Waals surface area contributed by atoms with Crippen LogP contribution in [0.15, 0.2) is 113 Å². The second-order valence-corrected chi connectivity index (χ2v) is 13.5. The number of rotatable bonds is 2. The number of ether oxygens (including phenoxy) is 1. The van der Waals surface area contributed by atoms with Crippen LogP contribution >= 0.6 is 11.8 Å². The first-order valence-electron chi connectivity index (χ1n) is 14.9. The first-order valence-corrected chi connectivity index (χ1v) is 15.7. The Labute approximate surface area is 257 Å². The lowest BCUT2D eigenvalue weighted by molar-refractivity contribution is 0.473. The molecule has 0 atom stereocenters. The molecule has 0 aliphatic carbocycles. The van der Waals surface area contributed by atoms with Crippen LogP contribution in [0.5, 0.6) is 11.5 Å².